The second-order valence-corrected chi connectivity index (χ2v) is 3.51. The average Bonchev–Trinajstić information content (AvgIpc) is 2.25. The molecule has 2 N–H and O–H groups in total. The summed E-state index contributed by atoms with van der Waals surface area (Å²) in [6.07, 6.45) is 0.982. The minimum Gasteiger partial charge on any atom is -0.496 e. The number of hydrogen-bond donors (Lipinski definition) is 1. The van der Waals surface area contributed by atoms with E-state index in [0.717, 1.165) is 23.5 Å². The molecule has 1 unspecified atom stereocenters. The van der Waals surface area contributed by atoms with Crippen LogP contribution in [-0.4, -0.2) is 13.7 Å². The maximum Gasteiger partial charge on any atom is 0.127 e. The van der Waals surface area contributed by atoms with Crippen LogP contribution < -0.4 is 15.2 Å². The van der Waals surface area contributed by atoms with Gasteiger partial charge in [0.2, 0.25) is 0 Å². The van der Waals surface area contributed by atoms with Crippen LogP contribution in [0.2, 0.25) is 0 Å². The third-order valence-electron chi connectivity index (χ3n) is 2.16. The third-order valence-corrected chi connectivity index (χ3v) is 2.16. The van der Waals surface area contributed by atoms with Crippen LogP contribution in [0, 0.1) is 0 Å². The molecule has 1 rings (SSSR count). The first kappa shape index (κ1) is 11.9. The molecule has 1 aromatic rings. The standard InChI is InChI=1S/C12H19NO2/c1-4-8-15-11-7-5-6-10(14-3)12(11)9(2)13/h5-7,9H,4,8,13H2,1-3H3. The first-order chi connectivity index (χ1) is 7.20. The van der Waals surface area contributed by atoms with Gasteiger partial charge < -0.3 is 15.2 Å². The molecule has 0 aliphatic rings. The zero-order valence-corrected chi connectivity index (χ0v) is 9.62. The van der Waals surface area contributed by atoms with E-state index in [2.05, 4.69) is 6.92 Å². The molecule has 0 spiro atoms. The lowest BCUT2D eigenvalue weighted by Gasteiger charge is -2.16. The van der Waals surface area contributed by atoms with E-state index in [-0.39, 0.29) is 6.04 Å². The second kappa shape index (κ2) is 5.61. The number of methoxy groups -OCH3 is 1. The lowest BCUT2D eigenvalue weighted by Crippen LogP contribution is -2.10. The van der Waals surface area contributed by atoms with Crippen LogP contribution in [0.1, 0.15) is 31.9 Å². The monoisotopic (exact) mass is 209 g/mol. The molecule has 84 valence electrons. The summed E-state index contributed by atoms with van der Waals surface area (Å²) in [6.45, 7) is 4.70. The topological polar surface area (TPSA) is 44.5 Å². The van der Waals surface area contributed by atoms with Gasteiger partial charge in [-0.3, -0.25) is 0 Å². The molecule has 3 heteroatoms. The van der Waals surface area contributed by atoms with Gasteiger partial charge >= 0.3 is 0 Å². The first-order valence-corrected chi connectivity index (χ1v) is 5.26. The van der Waals surface area contributed by atoms with Crippen LogP contribution in [0.3, 0.4) is 0 Å². The van der Waals surface area contributed by atoms with Crippen molar-refractivity contribution >= 4 is 0 Å². The van der Waals surface area contributed by atoms with Gasteiger partial charge in [-0.15, -0.1) is 0 Å². The summed E-state index contributed by atoms with van der Waals surface area (Å²) in [6, 6.07) is 5.65. The third kappa shape index (κ3) is 2.86. The molecule has 0 aliphatic heterocycles. The zero-order valence-electron chi connectivity index (χ0n) is 9.62. The Balaban J connectivity index is 3.02. The van der Waals surface area contributed by atoms with E-state index < -0.39 is 0 Å². The molecule has 3 nitrogen and oxygen atoms in total. The van der Waals surface area contributed by atoms with Gasteiger partial charge in [0.05, 0.1) is 19.3 Å². The highest BCUT2D eigenvalue weighted by molar-refractivity contribution is 5.46. The van der Waals surface area contributed by atoms with Gasteiger partial charge in [-0.25, -0.2) is 0 Å². The minimum absolute atomic E-state index is 0.0898. The van der Waals surface area contributed by atoms with E-state index in [1.165, 1.54) is 0 Å². The highest BCUT2D eigenvalue weighted by Crippen LogP contribution is 2.32. The fourth-order valence-corrected chi connectivity index (χ4v) is 1.49. The number of ether oxygens (including phenoxy) is 2. The number of hydrogen-bond acceptors (Lipinski definition) is 3. The largest absolute Gasteiger partial charge is 0.496 e. The normalized spacial score (nSPS) is 12.3. The predicted molar refractivity (Wildman–Crippen MR) is 61.4 cm³/mol. The summed E-state index contributed by atoms with van der Waals surface area (Å²) in [7, 11) is 1.64. The van der Waals surface area contributed by atoms with Crippen molar-refractivity contribution in [1.29, 1.82) is 0 Å². The molecule has 0 radical (unpaired) electrons. The van der Waals surface area contributed by atoms with Gasteiger partial charge in [-0.1, -0.05) is 13.0 Å². The summed E-state index contributed by atoms with van der Waals surface area (Å²) in [5.74, 6) is 1.62. The van der Waals surface area contributed by atoms with E-state index in [1.54, 1.807) is 7.11 Å². The SMILES string of the molecule is CCCOc1cccc(OC)c1C(C)N. The van der Waals surface area contributed by atoms with E-state index in [9.17, 15) is 0 Å². The Labute approximate surface area is 91.2 Å². The maximum atomic E-state index is 5.90. The second-order valence-electron chi connectivity index (χ2n) is 3.51. The van der Waals surface area contributed by atoms with E-state index >= 15 is 0 Å². The molecule has 0 aliphatic carbocycles. The smallest absolute Gasteiger partial charge is 0.127 e. The highest BCUT2D eigenvalue weighted by Gasteiger charge is 2.13. The lowest BCUT2D eigenvalue weighted by molar-refractivity contribution is 0.308. The molecule has 1 aromatic carbocycles. The van der Waals surface area contributed by atoms with Crippen LogP contribution in [-0.2, 0) is 0 Å². The van der Waals surface area contributed by atoms with Gasteiger partial charge in [0.25, 0.3) is 0 Å². The molecular weight excluding hydrogens is 190 g/mol. The molecule has 0 saturated heterocycles. The van der Waals surface area contributed by atoms with Crippen molar-refractivity contribution in [2.45, 2.75) is 26.3 Å². The molecule has 0 saturated carbocycles. The summed E-state index contributed by atoms with van der Waals surface area (Å²) in [4.78, 5) is 0. The van der Waals surface area contributed by atoms with Crippen LogP contribution >= 0.6 is 0 Å². The molecule has 0 heterocycles. The Kier molecular flexibility index (Phi) is 4.43. The maximum absolute atomic E-state index is 5.90. The summed E-state index contributed by atoms with van der Waals surface area (Å²) < 4.78 is 10.9. The van der Waals surface area contributed by atoms with Crippen molar-refractivity contribution < 1.29 is 9.47 Å². The van der Waals surface area contributed by atoms with Crippen molar-refractivity contribution in [2.75, 3.05) is 13.7 Å². The van der Waals surface area contributed by atoms with Gasteiger partial charge in [0, 0.05) is 6.04 Å². The van der Waals surface area contributed by atoms with E-state index in [4.69, 9.17) is 15.2 Å². The van der Waals surface area contributed by atoms with Crippen molar-refractivity contribution in [2.24, 2.45) is 5.73 Å². The fourth-order valence-electron chi connectivity index (χ4n) is 1.49. The van der Waals surface area contributed by atoms with Crippen molar-refractivity contribution in [3.63, 3.8) is 0 Å². The average molecular weight is 209 g/mol. The molecule has 0 bridgehead atoms. The van der Waals surface area contributed by atoms with Crippen molar-refractivity contribution in [3.8, 4) is 11.5 Å². The molecular formula is C12H19NO2. The molecule has 0 aromatic heterocycles. The number of rotatable bonds is 5. The van der Waals surface area contributed by atoms with Crippen molar-refractivity contribution in [1.82, 2.24) is 0 Å². The first-order valence-electron chi connectivity index (χ1n) is 5.26. The molecule has 0 fully saturated rings. The number of benzene rings is 1. The molecule has 0 amide bonds. The Hall–Kier alpha value is -1.22. The summed E-state index contributed by atoms with van der Waals surface area (Å²) in [5, 5.41) is 0. The van der Waals surface area contributed by atoms with Crippen molar-refractivity contribution in [3.05, 3.63) is 23.8 Å². The minimum atomic E-state index is -0.0898. The predicted octanol–water partition coefficient (Wildman–Crippen LogP) is 2.50. The Morgan fingerprint density at radius 1 is 1.33 bits per heavy atom. The fraction of sp³-hybridized carbons (Fsp3) is 0.500. The van der Waals surface area contributed by atoms with Crippen LogP contribution in [0.4, 0.5) is 0 Å². The van der Waals surface area contributed by atoms with Gasteiger partial charge in [-0.05, 0) is 25.5 Å². The summed E-state index contributed by atoms with van der Waals surface area (Å²) >= 11 is 0. The highest BCUT2D eigenvalue weighted by atomic mass is 16.5. The Morgan fingerprint density at radius 3 is 2.53 bits per heavy atom. The Bertz CT molecular complexity index is 310. The van der Waals surface area contributed by atoms with Gasteiger partial charge in [0.1, 0.15) is 11.5 Å². The quantitative estimate of drug-likeness (QED) is 0.810. The van der Waals surface area contributed by atoms with E-state index in [0.29, 0.717) is 6.61 Å². The van der Waals surface area contributed by atoms with E-state index in [1.807, 2.05) is 25.1 Å². The molecule has 15 heavy (non-hydrogen) atoms. The molecule has 1 atom stereocenters. The zero-order chi connectivity index (χ0) is 11.3. The Morgan fingerprint density at radius 2 is 2.00 bits per heavy atom. The van der Waals surface area contributed by atoms with Crippen LogP contribution in [0.15, 0.2) is 18.2 Å². The van der Waals surface area contributed by atoms with Crippen LogP contribution in [0.25, 0.3) is 0 Å². The summed E-state index contributed by atoms with van der Waals surface area (Å²) in [5.41, 5.74) is 6.84. The van der Waals surface area contributed by atoms with Gasteiger partial charge in [0.15, 0.2) is 0 Å². The van der Waals surface area contributed by atoms with Gasteiger partial charge in [-0.2, -0.15) is 0 Å². The lowest BCUT2D eigenvalue weighted by atomic mass is 10.1. The number of nitrogens with two attached hydrogens (primary N) is 1. The van der Waals surface area contributed by atoms with Crippen LogP contribution in [0.5, 0.6) is 11.5 Å².